The van der Waals surface area contributed by atoms with Crippen LogP contribution in [0.2, 0.25) is 0 Å². The molecule has 0 aromatic carbocycles. The van der Waals surface area contributed by atoms with E-state index in [4.69, 9.17) is 0 Å². The molecular weight excluding hydrogens is 567 g/mol. The molecule has 10 nitrogen and oxygen atoms in total. The standard InChI is InChI=1S/2C12H22O5.Sn/c2*1-3-5-6-7-8-12(17,11(15)16)9(4-2)10(13)14;/h2*9,17H,3-8H2,1-2H3,(H,13,14)(H,15,16);/q;;+4/p-4. The fourth-order valence-electron chi connectivity index (χ4n) is 3.88. The molecule has 0 aliphatic carbocycles. The number of hydrogen-bond acceptors (Lipinski definition) is 10. The first-order chi connectivity index (χ1) is 15.8. The number of carbonyl (C=O) groups is 4. The quantitative estimate of drug-likeness (QED) is 0.130. The molecule has 0 saturated carbocycles. The molecule has 200 valence electrons. The van der Waals surface area contributed by atoms with Gasteiger partial charge in [-0.3, -0.25) is 0 Å². The molecule has 0 rings (SSSR count). The maximum atomic E-state index is 10.9. The van der Waals surface area contributed by atoms with E-state index in [9.17, 15) is 49.8 Å². The Balaban J connectivity index is -0.000000569. The molecule has 0 aromatic heterocycles. The Hall–Kier alpha value is -1.40. The summed E-state index contributed by atoms with van der Waals surface area (Å²) < 4.78 is 0. The van der Waals surface area contributed by atoms with E-state index in [0.29, 0.717) is 12.8 Å². The summed E-state index contributed by atoms with van der Waals surface area (Å²) in [6, 6.07) is 0. The molecule has 4 atom stereocenters. The summed E-state index contributed by atoms with van der Waals surface area (Å²) in [7, 11) is 0. The first-order valence-electron chi connectivity index (χ1n) is 12.1. The first kappa shape index (κ1) is 38.1. The van der Waals surface area contributed by atoms with Gasteiger partial charge in [-0.15, -0.1) is 0 Å². The molecule has 0 radical (unpaired) electrons. The fourth-order valence-corrected chi connectivity index (χ4v) is 3.88. The number of aliphatic carboxylic acids is 4. The van der Waals surface area contributed by atoms with Crippen molar-refractivity contribution in [1.29, 1.82) is 0 Å². The van der Waals surface area contributed by atoms with Crippen LogP contribution in [0.4, 0.5) is 0 Å². The van der Waals surface area contributed by atoms with Crippen LogP contribution in [0.25, 0.3) is 0 Å². The van der Waals surface area contributed by atoms with Gasteiger partial charge in [0, 0.05) is 23.8 Å². The van der Waals surface area contributed by atoms with Crippen molar-refractivity contribution < 1.29 is 49.8 Å². The molecule has 0 fully saturated rings. The second-order valence-corrected chi connectivity index (χ2v) is 8.60. The normalized spacial score (nSPS) is 15.7. The number of hydrogen-bond donors (Lipinski definition) is 2. The van der Waals surface area contributed by atoms with E-state index in [0.717, 1.165) is 38.5 Å². The Labute approximate surface area is 225 Å². The van der Waals surface area contributed by atoms with Gasteiger partial charge in [-0.2, -0.15) is 0 Å². The zero-order valence-corrected chi connectivity index (χ0v) is 24.2. The molecular formula is C24H40O10Sn. The van der Waals surface area contributed by atoms with Crippen LogP contribution in [0.3, 0.4) is 0 Å². The SMILES string of the molecule is CCCCCCC(O)(C(=O)[O-])C(CC)C(=O)[O-].CCCCCCC(O)(C(=O)[O-])C(CC)C(=O)[O-].[Sn+4]. The topological polar surface area (TPSA) is 201 Å². The van der Waals surface area contributed by atoms with E-state index in [2.05, 4.69) is 0 Å². The van der Waals surface area contributed by atoms with Crippen molar-refractivity contribution in [2.24, 2.45) is 11.8 Å². The first-order valence-corrected chi connectivity index (χ1v) is 12.1. The van der Waals surface area contributed by atoms with Gasteiger partial charge in [0.15, 0.2) is 0 Å². The third-order valence-corrected chi connectivity index (χ3v) is 6.07. The maximum Gasteiger partial charge on any atom is 4.00 e. The predicted octanol–water partition coefficient (Wildman–Crippen LogP) is -1.95. The van der Waals surface area contributed by atoms with Crippen molar-refractivity contribution in [3.05, 3.63) is 0 Å². The van der Waals surface area contributed by atoms with Crippen LogP contribution in [-0.2, 0) is 19.2 Å². The van der Waals surface area contributed by atoms with Crippen molar-refractivity contribution in [2.75, 3.05) is 0 Å². The summed E-state index contributed by atoms with van der Waals surface area (Å²) in [5.41, 5.74) is -4.64. The van der Waals surface area contributed by atoms with Crippen LogP contribution in [0.1, 0.15) is 105 Å². The summed E-state index contributed by atoms with van der Waals surface area (Å²) in [5.74, 6) is -9.40. The summed E-state index contributed by atoms with van der Waals surface area (Å²) in [4.78, 5) is 43.5. The minimum atomic E-state index is -2.32. The van der Waals surface area contributed by atoms with E-state index >= 15 is 0 Å². The fraction of sp³-hybridized carbons (Fsp3) is 0.833. The van der Waals surface area contributed by atoms with Gasteiger partial charge in [-0.05, 0) is 25.7 Å². The summed E-state index contributed by atoms with van der Waals surface area (Å²) in [5, 5.41) is 63.4. The molecule has 0 spiro atoms. The van der Waals surface area contributed by atoms with Crippen LogP contribution >= 0.6 is 0 Å². The van der Waals surface area contributed by atoms with Crippen molar-refractivity contribution in [1.82, 2.24) is 0 Å². The van der Waals surface area contributed by atoms with Gasteiger partial charge < -0.3 is 49.8 Å². The Kier molecular flexibility index (Phi) is 21.5. The Bertz CT molecular complexity index is 588. The van der Waals surface area contributed by atoms with Gasteiger partial charge in [0.2, 0.25) is 0 Å². The van der Waals surface area contributed by atoms with E-state index in [1.165, 1.54) is 13.8 Å². The van der Waals surface area contributed by atoms with Gasteiger partial charge in [0.25, 0.3) is 0 Å². The number of unbranched alkanes of at least 4 members (excludes halogenated alkanes) is 6. The number of aliphatic hydroxyl groups is 2. The Morgan fingerprint density at radius 2 is 0.886 bits per heavy atom. The van der Waals surface area contributed by atoms with Crippen LogP contribution in [0, 0.1) is 11.8 Å². The van der Waals surface area contributed by atoms with Crippen LogP contribution in [-0.4, -0.2) is 69.2 Å². The van der Waals surface area contributed by atoms with Gasteiger partial charge in [0.1, 0.15) is 11.2 Å². The molecule has 11 heteroatoms. The van der Waals surface area contributed by atoms with Crippen molar-refractivity contribution in [3.8, 4) is 0 Å². The van der Waals surface area contributed by atoms with Gasteiger partial charge in [-0.1, -0.05) is 79.1 Å². The monoisotopic (exact) mass is 608 g/mol. The summed E-state index contributed by atoms with van der Waals surface area (Å²) >= 11 is 0. The molecule has 0 heterocycles. The molecule has 0 aliphatic heterocycles. The molecule has 0 bridgehead atoms. The van der Waals surface area contributed by atoms with E-state index in [-0.39, 0.29) is 49.6 Å². The van der Waals surface area contributed by atoms with Crippen LogP contribution < -0.4 is 20.4 Å². The molecule has 0 saturated heterocycles. The van der Waals surface area contributed by atoms with E-state index < -0.39 is 46.9 Å². The molecule has 2 N–H and O–H groups in total. The second-order valence-electron chi connectivity index (χ2n) is 8.60. The summed E-state index contributed by atoms with van der Waals surface area (Å²) in [6.07, 6.45) is 6.01. The van der Waals surface area contributed by atoms with E-state index in [1.807, 2.05) is 13.8 Å². The minimum absolute atomic E-state index is 0. The predicted molar refractivity (Wildman–Crippen MR) is 121 cm³/mol. The van der Waals surface area contributed by atoms with E-state index in [1.54, 1.807) is 0 Å². The molecule has 4 unspecified atom stereocenters. The smallest absolute Gasteiger partial charge is 0.550 e. The van der Waals surface area contributed by atoms with Crippen molar-refractivity contribution in [2.45, 2.75) is 116 Å². The number of carboxylic acid groups (broad SMARTS) is 4. The number of carbonyl (C=O) groups excluding carboxylic acids is 4. The van der Waals surface area contributed by atoms with Crippen LogP contribution in [0.15, 0.2) is 0 Å². The van der Waals surface area contributed by atoms with Gasteiger partial charge in [0.05, 0.1) is 11.9 Å². The minimum Gasteiger partial charge on any atom is -0.550 e. The zero-order chi connectivity index (χ0) is 26.9. The second kappa shape index (κ2) is 19.7. The molecule has 0 aromatic rings. The van der Waals surface area contributed by atoms with Gasteiger partial charge in [-0.25, -0.2) is 0 Å². The summed E-state index contributed by atoms with van der Waals surface area (Å²) in [6.45, 7) is 7.00. The van der Waals surface area contributed by atoms with Crippen molar-refractivity contribution >= 4 is 47.8 Å². The average Bonchev–Trinajstić information content (AvgIpc) is 2.75. The largest absolute Gasteiger partial charge is 4.00 e. The molecule has 0 amide bonds. The Morgan fingerprint density at radius 1 is 0.600 bits per heavy atom. The van der Waals surface area contributed by atoms with Crippen LogP contribution in [0.5, 0.6) is 0 Å². The third kappa shape index (κ3) is 12.9. The average molecular weight is 607 g/mol. The zero-order valence-electron chi connectivity index (χ0n) is 21.3. The maximum absolute atomic E-state index is 10.9. The number of rotatable bonds is 18. The van der Waals surface area contributed by atoms with Gasteiger partial charge >= 0.3 is 23.9 Å². The Morgan fingerprint density at radius 3 is 1.06 bits per heavy atom. The number of carboxylic acids is 4. The molecule has 35 heavy (non-hydrogen) atoms. The van der Waals surface area contributed by atoms with Crippen molar-refractivity contribution in [3.63, 3.8) is 0 Å². The third-order valence-electron chi connectivity index (χ3n) is 6.07. The molecule has 0 aliphatic rings.